The van der Waals surface area contributed by atoms with Crippen LogP contribution in [-0.4, -0.2) is 18.5 Å². The van der Waals surface area contributed by atoms with Crippen molar-refractivity contribution in [2.24, 2.45) is 0 Å². The van der Waals surface area contributed by atoms with Crippen LogP contribution in [0.15, 0.2) is 28.7 Å². The van der Waals surface area contributed by atoms with E-state index < -0.39 is 11.4 Å². The average Bonchev–Trinajstić information content (AvgIpc) is 2.74. The van der Waals surface area contributed by atoms with Crippen molar-refractivity contribution in [3.63, 3.8) is 0 Å². The number of para-hydroxylation sites is 1. The second kappa shape index (κ2) is 4.53. The summed E-state index contributed by atoms with van der Waals surface area (Å²) in [5, 5.41) is 0.591. The number of carbonyl (C=O) groups excluding carboxylic acids is 1. The van der Waals surface area contributed by atoms with Crippen molar-refractivity contribution in [1.29, 1.82) is 0 Å². The number of methoxy groups -OCH3 is 1. The highest BCUT2D eigenvalue weighted by Crippen LogP contribution is 2.25. The van der Waals surface area contributed by atoms with Crippen molar-refractivity contribution >= 4 is 16.8 Å². The molecule has 2 rings (SSSR count). The Balaban J connectivity index is 2.32. The number of hydrogen-bond donors (Lipinski definition) is 0. The van der Waals surface area contributed by atoms with Crippen molar-refractivity contribution in [1.82, 2.24) is 0 Å². The number of benzene rings is 1. The summed E-state index contributed by atoms with van der Waals surface area (Å²) in [4.78, 5) is 12.0. The van der Waals surface area contributed by atoms with E-state index in [0.717, 1.165) is 0 Å². The summed E-state index contributed by atoms with van der Waals surface area (Å²) >= 11 is 0. The van der Waals surface area contributed by atoms with Crippen LogP contribution in [0.3, 0.4) is 0 Å². The lowest BCUT2D eigenvalue weighted by atomic mass is 10.0. The minimum atomic E-state index is -0.561. The lowest BCUT2D eigenvalue weighted by molar-refractivity contribution is 0.0164. The maximum atomic E-state index is 13.4. The van der Waals surface area contributed by atoms with Crippen molar-refractivity contribution in [3.05, 3.63) is 35.8 Å². The fraction of sp³-hybridized carbons (Fsp3) is 0.357. The molecule has 96 valence electrons. The van der Waals surface area contributed by atoms with E-state index in [4.69, 9.17) is 9.15 Å². The Bertz CT molecular complexity index is 584. The van der Waals surface area contributed by atoms with Gasteiger partial charge in [0.15, 0.2) is 17.2 Å². The molecule has 3 nitrogen and oxygen atoms in total. The van der Waals surface area contributed by atoms with Crippen LogP contribution in [0.25, 0.3) is 11.0 Å². The van der Waals surface area contributed by atoms with Crippen molar-refractivity contribution in [3.8, 4) is 0 Å². The molecule has 0 amide bonds. The molecule has 1 aromatic carbocycles. The molecule has 0 spiro atoms. The highest BCUT2D eigenvalue weighted by atomic mass is 19.1. The largest absolute Gasteiger partial charge is 0.450 e. The minimum absolute atomic E-state index is 0.121. The molecule has 1 heterocycles. The van der Waals surface area contributed by atoms with Gasteiger partial charge in [-0.15, -0.1) is 0 Å². The summed E-state index contributed by atoms with van der Waals surface area (Å²) in [6.07, 6.45) is 0.185. The Morgan fingerprint density at radius 2 is 2.17 bits per heavy atom. The number of hydrogen-bond acceptors (Lipinski definition) is 3. The summed E-state index contributed by atoms with van der Waals surface area (Å²) in [6, 6.07) is 6.16. The second-order valence-electron chi connectivity index (χ2n) is 4.83. The summed E-state index contributed by atoms with van der Waals surface area (Å²) in [6.45, 7) is 3.63. The van der Waals surface area contributed by atoms with E-state index in [1.165, 1.54) is 6.07 Å². The van der Waals surface area contributed by atoms with Crippen LogP contribution in [0.1, 0.15) is 30.8 Å². The van der Waals surface area contributed by atoms with E-state index in [1.54, 1.807) is 25.3 Å². The van der Waals surface area contributed by atoms with E-state index in [9.17, 15) is 9.18 Å². The van der Waals surface area contributed by atoms with Gasteiger partial charge in [-0.2, -0.15) is 0 Å². The molecule has 0 fully saturated rings. The predicted molar refractivity (Wildman–Crippen MR) is 66.2 cm³/mol. The molecule has 4 heteroatoms. The van der Waals surface area contributed by atoms with Crippen LogP contribution in [-0.2, 0) is 4.74 Å². The molecular formula is C14H15FO3. The highest BCUT2D eigenvalue weighted by Gasteiger charge is 2.24. The molecule has 0 bridgehead atoms. The quantitative estimate of drug-likeness (QED) is 0.779. The summed E-state index contributed by atoms with van der Waals surface area (Å²) in [5.41, 5.74) is -0.440. The molecule has 0 radical (unpaired) electrons. The lowest BCUT2D eigenvalue weighted by Gasteiger charge is -2.20. The molecule has 0 aliphatic heterocycles. The highest BCUT2D eigenvalue weighted by molar-refractivity contribution is 5.98. The van der Waals surface area contributed by atoms with Crippen LogP contribution in [0, 0.1) is 5.82 Å². The second-order valence-corrected chi connectivity index (χ2v) is 4.83. The number of Topliss-reactive ketones (excluding diaryl/α,β-unsaturated/α-hetero) is 1. The number of ketones is 1. The summed E-state index contributed by atoms with van der Waals surface area (Å²) in [5.74, 6) is -0.491. The van der Waals surface area contributed by atoms with Gasteiger partial charge in [-0.25, -0.2) is 4.39 Å². The van der Waals surface area contributed by atoms with Crippen molar-refractivity contribution in [2.75, 3.05) is 7.11 Å². The fourth-order valence-corrected chi connectivity index (χ4v) is 1.71. The lowest BCUT2D eigenvalue weighted by Crippen LogP contribution is -2.26. The average molecular weight is 250 g/mol. The molecule has 2 aromatic rings. The van der Waals surface area contributed by atoms with Gasteiger partial charge in [-0.1, -0.05) is 12.1 Å². The molecule has 0 aliphatic carbocycles. The molecule has 0 saturated carbocycles. The standard InChI is InChI=1S/C14H15FO3/c1-14(2,17-3)8-11(16)12-7-9-5-4-6-10(15)13(9)18-12/h4-7H,8H2,1-3H3. The Hall–Kier alpha value is -1.68. The van der Waals surface area contributed by atoms with Gasteiger partial charge in [-0.3, -0.25) is 4.79 Å². The molecule has 0 saturated heterocycles. The van der Waals surface area contributed by atoms with Gasteiger partial charge in [-0.05, 0) is 26.0 Å². The Morgan fingerprint density at radius 3 is 2.78 bits per heavy atom. The van der Waals surface area contributed by atoms with Crippen LogP contribution in [0.4, 0.5) is 4.39 Å². The zero-order valence-electron chi connectivity index (χ0n) is 10.6. The van der Waals surface area contributed by atoms with Gasteiger partial charge < -0.3 is 9.15 Å². The van der Waals surface area contributed by atoms with Gasteiger partial charge in [0.05, 0.1) is 5.60 Å². The molecule has 0 atom stereocenters. The first-order valence-corrected chi connectivity index (χ1v) is 5.69. The van der Waals surface area contributed by atoms with Crippen molar-refractivity contribution < 1.29 is 18.3 Å². The SMILES string of the molecule is COC(C)(C)CC(=O)c1cc2cccc(F)c2o1. The third-order valence-corrected chi connectivity index (χ3v) is 2.91. The zero-order chi connectivity index (χ0) is 13.3. The normalized spacial score (nSPS) is 12.0. The zero-order valence-corrected chi connectivity index (χ0v) is 10.6. The number of ether oxygens (including phenoxy) is 1. The van der Waals surface area contributed by atoms with E-state index in [2.05, 4.69) is 0 Å². The van der Waals surface area contributed by atoms with Crippen LogP contribution < -0.4 is 0 Å². The molecule has 0 unspecified atom stereocenters. The third-order valence-electron chi connectivity index (χ3n) is 2.91. The molecule has 1 aromatic heterocycles. The molecule has 0 N–H and O–H groups in total. The Kier molecular flexibility index (Phi) is 3.22. The van der Waals surface area contributed by atoms with E-state index in [1.807, 2.05) is 13.8 Å². The van der Waals surface area contributed by atoms with E-state index >= 15 is 0 Å². The van der Waals surface area contributed by atoms with Crippen LogP contribution in [0.2, 0.25) is 0 Å². The van der Waals surface area contributed by atoms with Gasteiger partial charge >= 0.3 is 0 Å². The predicted octanol–water partition coefficient (Wildman–Crippen LogP) is 3.57. The number of halogens is 1. The fourth-order valence-electron chi connectivity index (χ4n) is 1.71. The maximum absolute atomic E-state index is 13.4. The van der Waals surface area contributed by atoms with Crippen LogP contribution >= 0.6 is 0 Å². The van der Waals surface area contributed by atoms with E-state index in [0.29, 0.717) is 5.39 Å². The van der Waals surface area contributed by atoms with Crippen molar-refractivity contribution in [2.45, 2.75) is 25.9 Å². The first-order valence-electron chi connectivity index (χ1n) is 5.69. The number of carbonyl (C=O) groups is 1. The maximum Gasteiger partial charge on any atom is 0.200 e. The topological polar surface area (TPSA) is 39.4 Å². The Labute approximate surface area is 105 Å². The monoisotopic (exact) mass is 250 g/mol. The van der Waals surface area contributed by atoms with Gasteiger partial charge in [0.2, 0.25) is 5.78 Å². The molecule has 18 heavy (non-hydrogen) atoms. The summed E-state index contributed by atoms with van der Waals surface area (Å²) in [7, 11) is 1.55. The van der Waals surface area contributed by atoms with E-state index in [-0.39, 0.29) is 23.5 Å². The third kappa shape index (κ3) is 2.43. The smallest absolute Gasteiger partial charge is 0.200 e. The minimum Gasteiger partial charge on any atom is -0.450 e. The molecule has 0 aliphatic rings. The van der Waals surface area contributed by atoms with Gasteiger partial charge in [0, 0.05) is 18.9 Å². The molecular weight excluding hydrogens is 235 g/mol. The van der Waals surface area contributed by atoms with Gasteiger partial charge in [0.25, 0.3) is 0 Å². The number of furan rings is 1. The number of rotatable bonds is 4. The first-order chi connectivity index (χ1) is 8.43. The van der Waals surface area contributed by atoms with Crippen LogP contribution in [0.5, 0.6) is 0 Å². The van der Waals surface area contributed by atoms with Gasteiger partial charge in [0.1, 0.15) is 0 Å². The summed E-state index contributed by atoms with van der Waals surface area (Å²) < 4.78 is 23.9. The Morgan fingerprint density at radius 1 is 1.44 bits per heavy atom. The number of fused-ring (bicyclic) bond motifs is 1. The first kappa shape index (κ1) is 12.8.